The first-order valence-electron chi connectivity index (χ1n) is 17.3. The van der Waals surface area contributed by atoms with E-state index in [-0.39, 0.29) is 0 Å². The number of allylic oxidation sites excluding steroid dienone is 1. The molecule has 0 atom stereocenters. The summed E-state index contributed by atoms with van der Waals surface area (Å²) in [4.78, 5) is 7.78. The molecule has 0 unspecified atom stereocenters. The third kappa shape index (κ3) is 6.68. The number of nitrogens with one attached hydrogen (secondary N) is 2. The van der Waals surface area contributed by atoms with E-state index in [0.717, 1.165) is 17.8 Å². The van der Waals surface area contributed by atoms with Crippen LogP contribution in [0.15, 0.2) is 193 Å². The molecule has 4 heteroatoms. The Balaban J connectivity index is 0.000000169. The number of hydrogen-bond donors (Lipinski definition) is 2. The van der Waals surface area contributed by atoms with Crippen molar-refractivity contribution in [3.8, 4) is 16.8 Å². The summed E-state index contributed by atoms with van der Waals surface area (Å²) in [6.45, 7) is 0. The van der Waals surface area contributed by atoms with E-state index < -0.39 is 0 Å². The van der Waals surface area contributed by atoms with Crippen molar-refractivity contribution in [3.05, 3.63) is 199 Å². The van der Waals surface area contributed by atoms with Crippen molar-refractivity contribution in [2.45, 2.75) is 6.42 Å². The molecule has 2 aromatic heterocycles. The van der Waals surface area contributed by atoms with Gasteiger partial charge in [-0.3, -0.25) is 4.99 Å². The zero-order chi connectivity index (χ0) is 34.4. The molecule has 2 heterocycles. The van der Waals surface area contributed by atoms with Crippen LogP contribution in [0.3, 0.4) is 0 Å². The SMILES string of the molecule is CN=C(N/C=C\Cc1ccccc1)c1ccccc1.c1ccc2c(-n3ccc4cc(-c5ccc6[nH]c7ccccc7c6c5)ccc43)cccc2c1. The van der Waals surface area contributed by atoms with E-state index in [4.69, 9.17) is 0 Å². The summed E-state index contributed by atoms with van der Waals surface area (Å²) in [5.41, 5.74) is 9.66. The summed E-state index contributed by atoms with van der Waals surface area (Å²) in [6, 6.07) is 59.7. The van der Waals surface area contributed by atoms with Crippen molar-refractivity contribution >= 4 is 49.3 Å². The van der Waals surface area contributed by atoms with Crippen LogP contribution < -0.4 is 5.32 Å². The number of benzene rings is 7. The van der Waals surface area contributed by atoms with Crippen LogP contribution in [0.2, 0.25) is 0 Å². The Labute approximate surface area is 298 Å². The third-order valence-corrected chi connectivity index (χ3v) is 9.36. The zero-order valence-electron chi connectivity index (χ0n) is 28.5. The average Bonchev–Trinajstić information content (AvgIpc) is 3.80. The van der Waals surface area contributed by atoms with Gasteiger partial charge in [0.25, 0.3) is 0 Å². The molecule has 7 aromatic carbocycles. The second kappa shape index (κ2) is 14.5. The van der Waals surface area contributed by atoms with Crippen LogP contribution in [-0.2, 0) is 6.42 Å². The lowest BCUT2D eigenvalue weighted by atomic mass is 10.0. The maximum atomic E-state index is 4.26. The number of nitrogens with zero attached hydrogens (tertiary/aromatic N) is 2. The molecule has 4 nitrogen and oxygen atoms in total. The predicted octanol–water partition coefficient (Wildman–Crippen LogP) is 11.5. The lowest BCUT2D eigenvalue weighted by Gasteiger charge is -2.10. The molecule has 9 aromatic rings. The lowest BCUT2D eigenvalue weighted by molar-refractivity contribution is 1.14. The Hall–Kier alpha value is -6.65. The average molecular weight is 659 g/mol. The first-order valence-corrected chi connectivity index (χ1v) is 17.3. The van der Waals surface area contributed by atoms with E-state index in [1.807, 2.05) is 42.6 Å². The van der Waals surface area contributed by atoms with Crippen LogP contribution in [0, 0.1) is 0 Å². The number of H-pyrrole nitrogens is 1. The fourth-order valence-corrected chi connectivity index (χ4v) is 6.80. The lowest BCUT2D eigenvalue weighted by Crippen LogP contribution is -2.18. The highest BCUT2D eigenvalue weighted by Gasteiger charge is 2.10. The van der Waals surface area contributed by atoms with Gasteiger partial charge < -0.3 is 14.9 Å². The normalized spacial score (nSPS) is 11.7. The van der Waals surface area contributed by atoms with Gasteiger partial charge in [0.05, 0.1) is 11.2 Å². The van der Waals surface area contributed by atoms with Crippen molar-refractivity contribution < 1.29 is 0 Å². The Morgan fingerprint density at radius 2 is 1.29 bits per heavy atom. The molecule has 0 saturated carbocycles. The number of aromatic nitrogens is 2. The summed E-state index contributed by atoms with van der Waals surface area (Å²) in [5, 5.41) is 9.54. The Kier molecular flexibility index (Phi) is 8.96. The molecule has 0 radical (unpaired) electrons. The molecule has 0 aliphatic heterocycles. The van der Waals surface area contributed by atoms with Gasteiger partial charge in [0.15, 0.2) is 0 Å². The molecule has 0 spiro atoms. The summed E-state index contributed by atoms with van der Waals surface area (Å²) in [6.07, 6.45) is 7.14. The number of fused-ring (bicyclic) bond motifs is 5. The molecular weight excluding hydrogens is 621 g/mol. The molecular formula is C47H38N4. The van der Waals surface area contributed by atoms with E-state index in [1.165, 1.54) is 65.9 Å². The van der Waals surface area contributed by atoms with Gasteiger partial charge in [-0.05, 0) is 77.2 Å². The molecule has 9 rings (SSSR count). The van der Waals surface area contributed by atoms with Gasteiger partial charge in [-0.2, -0.15) is 0 Å². The summed E-state index contributed by atoms with van der Waals surface area (Å²) >= 11 is 0. The maximum absolute atomic E-state index is 4.26. The van der Waals surface area contributed by atoms with E-state index in [2.05, 4.69) is 166 Å². The van der Waals surface area contributed by atoms with Crippen LogP contribution in [0.1, 0.15) is 11.1 Å². The number of hydrogen-bond acceptors (Lipinski definition) is 1. The van der Waals surface area contributed by atoms with E-state index >= 15 is 0 Å². The molecule has 0 fully saturated rings. The molecule has 0 aliphatic carbocycles. The largest absolute Gasteiger partial charge is 0.355 e. The summed E-state index contributed by atoms with van der Waals surface area (Å²) in [5.74, 6) is 0.880. The van der Waals surface area contributed by atoms with Crippen molar-refractivity contribution in [1.29, 1.82) is 0 Å². The number of amidine groups is 1. The number of para-hydroxylation sites is 1. The number of aliphatic imine (C=N–C) groups is 1. The molecule has 51 heavy (non-hydrogen) atoms. The highest BCUT2D eigenvalue weighted by Crippen LogP contribution is 2.33. The van der Waals surface area contributed by atoms with E-state index in [9.17, 15) is 0 Å². The van der Waals surface area contributed by atoms with Gasteiger partial charge in [-0.15, -0.1) is 0 Å². The molecule has 0 saturated heterocycles. The topological polar surface area (TPSA) is 45.1 Å². The minimum absolute atomic E-state index is 0.880. The maximum Gasteiger partial charge on any atom is 0.131 e. The van der Waals surface area contributed by atoms with E-state index in [1.54, 1.807) is 7.05 Å². The first-order chi connectivity index (χ1) is 25.2. The molecule has 0 bridgehead atoms. The van der Waals surface area contributed by atoms with Gasteiger partial charge in [-0.1, -0.05) is 133 Å². The van der Waals surface area contributed by atoms with E-state index in [0.29, 0.717) is 0 Å². The molecule has 2 N–H and O–H groups in total. The Bertz CT molecular complexity index is 2640. The standard InChI is InChI=1S/C30H20N2.C17H18N2/c1-2-8-24-20(6-1)7-5-11-30(24)32-17-16-23-18-21(13-15-29(23)32)22-12-14-28-26(19-22)25-9-3-4-10-27(25)31-28;1-18-17(16-12-6-3-7-13-16)19-14-8-11-15-9-4-2-5-10-15/h1-19,31H;2-10,12-14H,11H2,1H3,(H,18,19)/b;14-8-. The van der Waals surface area contributed by atoms with Gasteiger partial charge in [-0.25, -0.2) is 0 Å². The van der Waals surface area contributed by atoms with Gasteiger partial charge in [0, 0.05) is 51.4 Å². The fraction of sp³-hybridized carbons (Fsp3) is 0.0426. The quantitative estimate of drug-likeness (QED) is 0.136. The molecule has 0 amide bonds. The van der Waals surface area contributed by atoms with Gasteiger partial charge in [0.2, 0.25) is 0 Å². The third-order valence-electron chi connectivity index (χ3n) is 9.36. The van der Waals surface area contributed by atoms with Gasteiger partial charge in [0.1, 0.15) is 5.84 Å². The van der Waals surface area contributed by atoms with Crippen molar-refractivity contribution in [3.63, 3.8) is 0 Å². The van der Waals surface area contributed by atoms with Crippen LogP contribution in [0.5, 0.6) is 0 Å². The summed E-state index contributed by atoms with van der Waals surface area (Å²) < 4.78 is 2.30. The van der Waals surface area contributed by atoms with Crippen LogP contribution in [-0.4, -0.2) is 22.4 Å². The number of aromatic amines is 1. The molecule has 0 aliphatic rings. The second-order valence-corrected chi connectivity index (χ2v) is 12.6. The van der Waals surface area contributed by atoms with Crippen LogP contribution in [0.25, 0.3) is 60.3 Å². The van der Waals surface area contributed by atoms with Crippen molar-refractivity contribution in [2.24, 2.45) is 4.99 Å². The fourth-order valence-electron chi connectivity index (χ4n) is 6.80. The molecule has 246 valence electrons. The smallest absolute Gasteiger partial charge is 0.131 e. The monoisotopic (exact) mass is 658 g/mol. The van der Waals surface area contributed by atoms with Gasteiger partial charge >= 0.3 is 0 Å². The van der Waals surface area contributed by atoms with Crippen LogP contribution in [0.4, 0.5) is 0 Å². The zero-order valence-corrected chi connectivity index (χ0v) is 28.5. The highest BCUT2D eigenvalue weighted by molar-refractivity contribution is 6.08. The van der Waals surface area contributed by atoms with Crippen molar-refractivity contribution in [1.82, 2.24) is 14.9 Å². The summed E-state index contributed by atoms with van der Waals surface area (Å²) in [7, 11) is 1.79. The Morgan fingerprint density at radius 1 is 0.608 bits per heavy atom. The van der Waals surface area contributed by atoms with Crippen molar-refractivity contribution in [2.75, 3.05) is 7.05 Å². The minimum atomic E-state index is 0.880. The Morgan fingerprint density at radius 3 is 2.14 bits per heavy atom. The predicted molar refractivity (Wildman–Crippen MR) is 217 cm³/mol. The minimum Gasteiger partial charge on any atom is -0.355 e. The second-order valence-electron chi connectivity index (χ2n) is 12.6. The number of rotatable bonds is 6. The highest BCUT2D eigenvalue weighted by atomic mass is 15.0. The first kappa shape index (κ1) is 31.6. The van der Waals surface area contributed by atoms with Crippen LogP contribution >= 0.6 is 0 Å².